The predicted molar refractivity (Wildman–Crippen MR) is 48.7 cm³/mol. The fourth-order valence-corrected chi connectivity index (χ4v) is 1.47. The minimum atomic E-state index is -1.27. The van der Waals surface area contributed by atoms with Gasteiger partial charge in [0.25, 0.3) is 0 Å². The molecule has 0 saturated heterocycles. The van der Waals surface area contributed by atoms with E-state index in [1.165, 1.54) is 12.1 Å². The molecule has 1 unspecified atom stereocenters. The maximum Gasteiger partial charge on any atom is 0.245 e. The summed E-state index contributed by atoms with van der Waals surface area (Å²) in [6.45, 7) is 0.0150. The lowest BCUT2D eigenvalue weighted by Gasteiger charge is -2.17. The number of benzene rings is 1. The largest absolute Gasteiger partial charge is 0.508 e. The number of carbonyl (C=O) groups is 1. The molecule has 1 aromatic rings. The molecule has 14 heavy (non-hydrogen) atoms. The van der Waals surface area contributed by atoms with E-state index in [2.05, 4.69) is 0 Å². The van der Waals surface area contributed by atoms with Gasteiger partial charge in [-0.1, -0.05) is 0 Å². The molecule has 0 bridgehead atoms. The average Bonchev–Trinajstić information content (AvgIpc) is 2.45. The second kappa shape index (κ2) is 2.62. The number of primary amides is 1. The van der Waals surface area contributed by atoms with E-state index in [-0.39, 0.29) is 12.4 Å². The minimum absolute atomic E-state index is 0.0150. The SMILES string of the molecule is NC(=O)C1(N)COc2cc(O)ccc21. The summed E-state index contributed by atoms with van der Waals surface area (Å²) in [6.07, 6.45) is 0. The van der Waals surface area contributed by atoms with E-state index in [4.69, 9.17) is 21.3 Å². The Kier molecular flexibility index (Phi) is 1.65. The Morgan fingerprint density at radius 1 is 1.57 bits per heavy atom. The summed E-state index contributed by atoms with van der Waals surface area (Å²) in [5.74, 6) is -0.161. The number of nitrogens with two attached hydrogens (primary N) is 2. The number of aromatic hydroxyl groups is 1. The van der Waals surface area contributed by atoms with Gasteiger partial charge < -0.3 is 21.3 Å². The summed E-state index contributed by atoms with van der Waals surface area (Å²) in [6, 6.07) is 4.40. The van der Waals surface area contributed by atoms with Gasteiger partial charge in [0.15, 0.2) is 5.54 Å². The number of phenolic OH excluding ortho intramolecular Hbond substituents is 1. The Morgan fingerprint density at radius 3 is 2.93 bits per heavy atom. The van der Waals surface area contributed by atoms with E-state index in [1.54, 1.807) is 6.07 Å². The molecular formula is C9H10N2O3. The van der Waals surface area contributed by atoms with E-state index in [1.807, 2.05) is 0 Å². The first-order valence-corrected chi connectivity index (χ1v) is 4.09. The molecule has 74 valence electrons. The van der Waals surface area contributed by atoms with Crippen LogP contribution in [0.5, 0.6) is 11.5 Å². The van der Waals surface area contributed by atoms with Gasteiger partial charge in [-0.15, -0.1) is 0 Å². The van der Waals surface area contributed by atoms with Crippen molar-refractivity contribution in [2.45, 2.75) is 5.54 Å². The molecule has 0 spiro atoms. The monoisotopic (exact) mass is 194 g/mol. The van der Waals surface area contributed by atoms with Crippen molar-refractivity contribution in [3.63, 3.8) is 0 Å². The number of hydrogen-bond donors (Lipinski definition) is 3. The Morgan fingerprint density at radius 2 is 2.29 bits per heavy atom. The summed E-state index contributed by atoms with van der Waals surface area (Å²) in [5.41, 5.74) is 10.2. The number of carbonyl (C=O) groups excluding carboxylic acids is 1. The van der Waals surface area contributed by atoms with Crippen LogP contribution in [0.15, 0.2) is 18.2 Å². The maximum absolute atomic E-state index is 11.1. The molecule has 0 radical (unpaired) electrons. The van der Waals surface area contributed by atoms with Gasteiger partial charge in [-0.3, -0.25) is 4.79 Å². The second-order valence-corrected chi connectivity index (χ2v) is 3.30. The van der Waals surface area contributed by atoms with Crippen molar-refractivity contribution < 1.29 is 14.6 Å². The molecule has 1 heterocycles. The Bertz CT molecular complexity index is 405. The van der Waals surface area contributed by atoms with Crippen LogP contribution in [0, 0.1) is 0 Å². The number of rotatable bonds is 1. The van der Waals surface area contributed by atoms with E-state index >= 15 is 0 Å². The molecule has 5 nitrogen and oxygen atoms in total. The van der Waals surface area contributed by atoms with Crippen LogP contribution in [0.2, 0.25) is 0 Å². The average molecular weight is 194 g/mol. The molecule has 0 fully saturated rings. The number of fused-ring (bicyclic) bond motifs is 1. The molecular weight excluding hydrogens is 184 g/mol. The number of ether oxygens (including phenoxy) is 1. The van der Waals surface area contributed by atoms with Gasteiger partial charge in [-0.05, 0) is 12.1 Å². The molecule has 0 saturated carbocycles. The van der Waals surface area contributed by atoms with Crippen LogP contribution >= 0.6 is 0 Å². The molecule has 1 aliphatic rings. The van der Waals surface area contributed by atoms with Crippen molar-refractivity contribution in [3.05, 3.63) is 23.8 Å². The van der Waals surface area contributed by atoms with Crippen LogP contribution in [-0.4, -0.2) is 17.6 Å². The molecule has 2 rings (SSSR count). The zero-order valence-corrected chi connectivity index (χ0v) is 7.36. The third kappa shape index (κ3) is 1.03. The Labute approximate surface area is 80.3 Å². The molecule has 5 heteroatoms. The van der Waals surface area contributed by atoms with Crippen LogP contribution in [0.4, 0.5) is 0 Å². The highest BCUT2D eigenvalue weighted by molar-refractivity contribution is 5.88. The summed E-state index contributed by atoms with van der Waals surface area (Å²) in [7, 11) is 0. The maximum atomic E-state index is 11.1. The molecule has 1 aliphatic heterocycles. The van der Waals surface area contributed by atoms with E-state index in [0.29, 0.717) is 11.3 Å². The van der Waals surface area contributed by atoms with Gasteiger partial charge >= 0.3 is 0 Å². The van der Waals surface area contributed by atoms with Crippen molar-refractivity contribution in [3.8, 4) is 11.5 Å². The number of amides is 1. The van der Waals surface area contributed by atoms with Gasteiger partial charge in [0.2, 0.25) is 5.91 Å². The van der Waals surface area contributed by atoms with Gasteiger partial charge in [-0.25, -0.2) is 0 Å². The zero-order valence-electron chi connectivity index (χ0n) is 7.36. The molecule has 5 N–H and O–H groups in total. The van der Waals surface area contributed by atoms with Crippen LogP contribution in [-0.2, 0) is 10.3 Å². The normalized spacial score (nSPS) is 24.1. The lowest BCUT2D eigenvalue weighted by molar-refractivity contribution is -0.123. The van der Waals surface area contributed by atoms with Gasteiger partial charge in [0, 0.05) is 11.6 Å². The first kappa shape index (κ1) is 8.83. The summed E-state index contributed by atoms with van der Waals surface area (Å²) < 4.78 is 5.17. The summed E-state index contributed by atoms with van der Waals surface area (Å²) in [5, 5.41) is 9.17. The van der Waals surface area contributed by atoms with Crippen LogP contribution in [0.3, 0.4) is 0 Å². The summed E-state index contributed by atoms with van der Waals surface area (Å²) in [4.78, 5) is 11.1. The van der Waals surface area contributed by atoms with Crippen molar-refractivity contribution >= 4 is 5.91 Å². The molecule has 0 aromatic heterocycles. The molecule has 1 aromatic carbocycles. The molecule has 0 aliphatic carbocycles. The number of phenols is 1. The highest BCUT2D eigenvalue weighted by atomic mass is 16.5. The van der Waals surface area contributed by atoms with Gasteiger partial charge in [0.05, 0.1) is 0 Å². The van der Waals surface area contributed by atoms with Gasteiger partial charge in [0.1, 0.15) is 18.1 Å². The van der Waals surface area contributed by atoms with Crippen molar-refractivity contribution in [1.82, 2.24) is 0 Å². The van der Waals surface area contributed by atoms with E-state index in [9.17, 15) is 4.79 Å². The van der Waals surface area contributed by atoms with E-state index in [0.717, 1.165) is 0 Å². The third-order valence-corrected chi connectivity index (χ3v) is 2.34. The molecule has 1 amide bonds. The smallest absolute Gasteiger partial charge is 0.245 e. The lowest BCUT2D eigenvalue weighted by atomic mass is 9.92. The van der Waals surface area contributed by atoms with Crippen molar-refractivity contribution in [2.75, 3.05) is 6.61 Å². The first-order valence-electron chi connectivity index (χ1n) is 4.09. The highest BCUT2D eigenvalue weighted by Gasteiger charge is 2.42. The quantitative estimate of drug-likeness (QED) is 0.557. The van der Waals surface area contributed by atoms with Crippen LogP contribution in [0.25, 0.3) is 0 Å². The fraction of sp³-hybridized carbons (Fsp3) is 0.222. The highest BCUT2D eigenvalue weighted by Crippen LogP contribution is 2.37. The van der Waals surface area contributed by atoms with E-state index < -0.39 is 11.4 Å². The van der Waals surface area contributed by atoms with Gasteiger partial charge in [-0.2, -0.15) is 0 Å². The minimum Gasteiger partial charge on any atom is -0.508 e. The van der Waals surface area contributed by atoms with Crippen LogP contribution in [0.1, 0.15) is 5.56 Å². The van der Waals surface area contributed by atoms with Crippen molar-refractivity contribution in [1.29, 1.82) is 0 Å². The predicted octanol–water partition coefficient (Wildman–Crippen LogP) is -0.576. The second-order valence-electron chi connectivity index (χ2n) is 3.30. The molecule has 1 atom stereocenters. The van der Waals surface area contributed by atoms with Crippen molar-refractivity contribution in [2.24, 2.45) is 11.5 Å². The number of hydrogen-bond acceptors (Lipinski definition) is 4. The lowest BCUT2D eigenvalue weighted by Crippen LogP contribution is -2.50. The Balaban J connectivity index is 2.55. The Hall–Kier alpha value is -1.75. The zero-order chi connectivity index (χ0) is 10.3. The third-order valence-electron chi connectivity index (χ3n) is 2.34. The topological polar surface area (TPSA) is 98.6 Å². The first-order chi connectivity index (χ1) is 6.54. The standard InChI is InChI=1S/C9H10N2O3/c10-8(13)9(11)4-14-7-3-5(12)1-2-6(7)9/h1-3,12H,4,11H2,(H2,10,13). The fourth-order valence-electron chi connectivity index (χ4n) is 1.47. The summed E-state index contributed by atoms with van der Waals surface area (Å²) >= 11 is 0. The van der Waals surface area contributed by atoms with Crippen LogP contribution < -0.4 is 16.2 Å².